The quantitative estimate of drug-likeness (QED) is 0.583. The summed E-state index contributed by atoms with van der Waals surface area (Å²) in [7, 11) is 0. The third-order valence-corrected chi connectivity index (χ3v) is 4.13. The molecule has 0 N–H and O–H groups in total. The normalized spacial score (nSPS) is 10.5. The lowest BCUT2D eigenvalue weighted by atomic mass is 10.2. The van der Waals surface area contributed by atoms with Crippen molar-refractivity contribution in [3.8, 4) is 0 Å². The van der Waals surface area contributed by atoms with E-state index < -0.39 is 5.97 Å². The largest absolute Gasteiger partial charge is 0.440 e. The van der Waals surface area contributed by atoms with Crippen molar-refractivity contribution in [3.63, 3.8) is 0 Å². The molecule has 0 saturated heterocycles. The molecule has 22 heavy (non-hydrogen) atoms. The Balaban J connectivity index is 2.17. The maximum absolute atomic E-state index is 12.1. The Kier molecular flexibility index (Phi) is 5.73. The van der Waals surface area contributed by atoms with Crippen molar-refractivity contribution in [3.05, 3.63) is 50.3 Å². The van der Waals surface area contributed by atoms with Crippen LogP contribution in [-0.2, 0) is 11.5 Å². The number of carbonyl (C=O) groups is 1. The van der Waals surface area contributed by atoms with E-state index in [9.17, 15) is 9.59 Å². The van der Waals surface area contributed by atoms with Crippen LogP contribution >= 0.6 is 27.7 Å². The Hall–Kier alpha value is -1.67. The summed E-state index contributed by atoms with van der Waals surface area (Å²) >= 11 is 4.67. The summed E-state index contributed by atoms with van der Waals surface area (Å²) in [6.45, 7) is 3.32. The van der Waals surface area contributed by atoms with Gasteiger partial charge >= 0.3 is 5.97 Å². The van der Waals surface area contributed by atoms with Crippen LogP contribution in [0, 0.1) is 6.92 Å². The molecule has 2 aromatic rings. The van der Waals surface area contributed by atoms with Crippen molar-refractivity contribution in [2.24, 2.45) is 0 Å². The van der Waals surface area contributed by atoms with Crippen molar-refractivity contribution >= 4 is 33.7 Å². The summed E-state index contributed by atoms with van der Waals surface area (Å²) in [5, 5.41) is 8.20. The van der Waals surface area contributed by atoms with Crippen LogP contribution in [0.25, 0.3) is 0 Å². The maximum atomic E-state index is 12.1. The first-order chi connectivity index (χ1) is 10.5. The van der Waals surface area contributed by atoms with Crippen LogP contribution in [0.5, 0.6) is 0 Å². The molecule has 0 spiro atoms. The Labute approximate surface area is 140 Å². The predicted molar refractivity (Wildman–Crippen MR) is 87.0 cm³/mol. The lowest BCUT2D eigenvalue weighted by Crippen LogP contribution is -2.28. The van der Waals surface area contributed by atoms with Crippen LogP contribution in [0.3, 0.4) is 0 Å². The zero-order valence-electron chi connectivity index (χ0n) is 12.1. The first-order valence-corrected chi connectivity index (χ1v) is 8.30. The molecular formula is C14H14BrN3O3S. The maximum Gasteiger partial charge on any atom is 0.339 e. The number of esters is 1. The van der Waals surface area contributed by atoms with E-state index in [1.54, 1.807) is 31.2 Å². The third-order valence-electron chi connectivity index (χ3n) is 2.75. The van der Waals surface area contributed by atoms with Gasteiger partial charge in [-0.05, 0) is 36.9 Å². The van der Waals surface area contributed by atoms with E-state index in [4.69, 9.17) is 4.74 Å². The van der Waals surface area contributed by atoms with E-state index in [-0.39, 0.29) is 18.0 Å². The molecule has 0 bridgehead atoms. The molecule has 2 rings (SSSR count). The van der Waals surface area contributed by atoms with Crippen molar-refractivity contribution < 1.29 is 9.53 Å². The first kappa shape index (κ1) is 16.7. The van der Waals surface area contributed by atoms with Gasteiger partial charge in [-0.25, -0.2) is 9.36 Å². The summed E-state index contributed by atoms with van der Waals surface area (Å²) in [4.78, 5) is 24.1. The molecule has 0 unspecified atom stereocenters. The molecule has 8 heteroatoms. The van der Waals surface area contributed by atoms with Crippen molar-refractivity contribution in [2.75, 3.05) is 5.75 Å². The molecule has 116 valence electrons. The summed E-state index contributed by atoms with van der Waals surface area (Å²) < 4.78 is 7.39. The highest BCUT2D eigenvalue weighted by atomic mass is 79.9. The fourth-order valence-electron chi connectivity index (χ4n) is 1.64. The fraction of sp³-hybridized carbons (Fsp3) is 0.286. The van der Waals surface area contributed by atoms with Gasteiger partial charge < -0.3 is 4.74 Å². The van der Waals surface area contributed by atoms with Gasteiger partial charge in [0.1, 0.15) is 5.69 Å². The molecule has 0 aliphatic heterocycles. The Morgan fingerprint density at radius 3 is 2.64 bits per heavy atom. The minimum atomic E-state index is -0.499. The number of thioether (sulfide) groups is 1. The molecule has 1 aromatic heterocycles. The zero-order valence-corrected chi connectivity index (χ0v) is 14.5. The topological polar surface area (TPSA) is 74.1 Å². The second-order valence-corrected chi connectivity index (χ2v) is 6.45. The van der Waals surface area contributed by atoms with Crippen molar-refractivity contribution in [2.45, 2.75) is 25.7 Å². The SMILES string of the molecule is CCSc1nnc(C)c(=O)n1COC(=O)c1ccc(Br)cc1. The molecule has 1 aromatic carbocycles. The molecule has 0 aliphatic carbocycles. The summed E-state index contributed by atoms with van der Waals surface area (Å²) in [6.07, 6.45) is 0. The number of hydrogen-bond donors (Lipinski definition) is 0. The van der Waals surface area contributed by atoms with Crippen molar-refractivity contribution in [1.29, 1.82) is 0 Å². The van der Waals surface area contributed by atoms with Gasteiger partial charge in [-0.15, -0.1) is 10.2 Å². The lowest BCUT2D eigenvalue weighted by Gasteiger charge is -2.11. The smallest absolute Gasteiger partial charge is 0.339 e. The predicted octanol–water partition coefficient (Wildman–Crippen LogP) is 2.64. The minimum Gasteiger partial charge on any atom is -0.440 e. The molecule has 6 nitrogen and oxygen atoms in total. The van der Waals surface area contributed by atoms with Crippen molar-refractivity contribution in [1.82, 2.24) is 14.8 Å². The number of aromatic nitrogens is 3. The molecule has 0 amide bonds. The molecule has 0 aliphatic rings. The number of carbonyl (C=O) groups excluding carboxylic acids is 1. The van der Waals surface area contributed by atoms with Crippen LogP contribution in [0.2, 0.25) is 0 Å². The van der Waals surface area contributed by atoms with Gasteiger partial charge in [-0.1, -0.05) is 34.6 Å². The van der Waals surface area contributed by atoms with Crippen LogP contribution in [0.4, 0.5) is 0 Å². The third kappa shape index (κ3) is 3.95. The van der Waals surface area contributed by atoms with Gasteiger partial charge in [0.2, 0.25) is 0 Å². The Bertz CT molecular complexity index is 731. The highest BCUT2D eigenvalue weighted by molar-refractivity contribution is 9.10. The van der Waals surface area contributed by atoms with Crippen LogP contribution in [0.1, 0.15) is 23.0 Å². The second-order valence-electron chi connectivity index (χ2n) is 4.30. The van der Waals surface area contributed by atoms with Crippen LogP contribution in [-0.4, -0.2) is 26.5 Å². The van der Waals surface area contributed by atoms with E-state index in [1.807, 2.05) is 6.92 Å². The molecule has 1 heterocycles. The monoisotopic (exact) mass is 383 g/mol. The number of rotatable bonds is 5. The minimum absolute atomic E-state index is 0.188. The highest BCUT2D eigenvalue weighted by Gasteiger charge is 2.13. The van der Waals surface area contributed by atoms with Gasteiger partial charge in [-0.2, -0.15) is 0 Å². The average molecular weight is 384 g/mol. The molecule has 0 radical (unpaired) electrons. The number of benzene rings is 1. The standard InChI is InChI=1S/C14H14BrN3O3S/c1-3-22-14-17-16-9(2)12(19)18(14)8-21-13(20)10-4-6-11(15)7-5-10/h4-7H,3,8H2,1-2H3. The van der Waals surface area contributed by atoms with Gasteiger partial charge in [0.25, 0.3) is 5.56 Å². The van der Waals surface area contributed by atoms with Gasteiger partial charge in [0.05, 0.1) is 5.56 Å². The van der Waals surface area contributed by atoms with E-state index in [1.165, 1.54) is 16.3 Å². The summed E-state index contributed by atoms with van der Waals surface area (Å²) in [5.41, 5.74) is 0.370. The number of ether oxygens (including phenoxy) is 1. The number of nitrogens with zero attached hydrogens (tertiary/aromatic N) is 3. The lowest BCUT2D eigenvalue weighted by molar-refractivity contribution is 0.0345. The second kappa shape index (κ2) is 7.55. The number of aryl methyl sites for hydroxylation is 1. The van der Waals surface area contributed by atoms with E-state index in [0.29, 0.717) is 10.7 Å². The summed E-state index contributed by atoms with van der Waals surface area (Å²) in [6, 6.07) is 6.79. The Morgan fingerprint density at radius 1 is 1.32 bits per heavy atom. The van der Waals surface area contributed by atoms with E-state index in [2.05, 4.69) is 26.1 Å². The number of halogens is 1. The average Bonchev–Trinajstić information content (AvgIpc) is 2.51. The molecule has 0 fully saturated rings. The zero-order chi connectivity index (χ0) is 16.1. The van der Waals surface area contributed by atoms with E-state index in [0.717, 1.165) is 10.2 Å². The fourth-order valence-corrected chi connectivity index (χ4v) is 2.55. The molecule has 0 atom stereocenters. The summed E-state index contributed by atoms with van der Waals surface area (Å²) in [5.74, 6) is 0.235. The van der Waals surface area contributed by atoms with Crippen LogP contribution < -0.4 is 5.56 Å². The van der Waals surface area contributed by atoms with Gasteiger partial charge in [-0.3, -0.25) is 4.79 Å². The molecule has 0 saturated carbocycles. The molecular weight excluding hydrogens is 370 g/mol. The number of hydrogen-bond acceptors (Lipinski definition) is 6. The first-order valence-electron chi connectivity index (χ1n) is 6.52. The van der Waals surface area contributed by atoms with Crippen LogP contribution in [0.15, 0.2) is 38.7 Å². The Morgan fingerprint density at radius 2 is 2.00 bits per heavy atom. The highest BCUT2D eigenvalue weighted by Crippen LogP contribution is 2.14. The van der Waals surface area contributed by atoms with Gasteiger partial charge in [0.15, 0.2) is 11.9 Å². The van der Waals surface area contributed by atoms with Gasteiger partial charge in [0, 0.05) is 4.47 Å². The van der Waals surface area contributed by atoms with E-state index >= 15 is 0 Å².